The normalized spacial score (nSPS) is 15.3. The van der Waals surface area contributed by atoms with E-state index in [2.05, 4.69) is 4.99 Å². The average molecular weight is 560 g/mol. The van der Waals surface area contributed by atoms with Gasteiger partial charge in [0.2, 0.25) is 0 Å². The molecular formula is C31H30FN3O4S. The number of thiazole rings is 1. The second-order valence-electron chi connectivity index (χ2n) is 9.95. The number of esters is 1. The lowest BCUT2D eigenvalue weighted by Gasteiger charge is -2.25. The Morgan fingerprint density at radius 2 is 1.75 bits per heavy atom. The molecule has 0 aliphatic carbocycles. The molecule has 0 N–H and O–H groups in total. The zero-order valence-electron chi connectivity index (χ0n) is 23.2. The maximum Gasteiger partial charge on any atom is 0.338 e. The number of carbonyl (C=O) groups is 1. The minimum Gasteiger partial charge on any atom is -0.497 e. The Hall–Kier alpha value is -4.24. The molecule has 40 heavy (non-hydrogen) atoms. The summed E-state index contributed by atoms with van der Waals surface area (Å²) in [6, 6.07) is 14.9. The smallest absolute Gasteiger partial charge is 0.338 e. The Bertz CT molecular complexity index is 1810. The van der Waals surface area contributed by atoms with Crippen LogP contribution < -0.4 is 19.6 Å². The highest BCUT2D eigenvalue weighted by Gasteiger charge is 2.33. The predicted molar refractivity (Wildman–Crippen MR) is 153 cm³/mol. The lowest BCUT2D eigenvalue weighted by Crippen LogP contribution is -2.40. The number of rotatable bonds is 6. The number of nitrogens with zero attached hydrogens (tertiary/aromatic N) is 3. The van der Waals surface area contributed by atoms with Crippen molar-refractivity contribution in [3.05, 3.63) is 114 Å². The first kappa shape index (κ1) is 27.3. The number of hydrogen-bond acceptors (Lipinski definition) is 6. The van der Waals surface area contributed by atoms with Gasteiger partial charge in [-0.3, -0.25) is 9.36 Å². The van der Waals surface area contributed by atoms with Gasteiger partial charge in [-0.15, -0.1) is 0 Å². The number of aromatic nitrogens is 2. The Balaban J connectivity index is 1.67. The summed E-state index contributed by atoms with van der Waals surface area (Å²) in [5, 5.41) is 0. The summed E-state index contributed by atoms with van der Waals surface area (Å²) in [5.41, 5.74) is 4.89. The number of carbonyl (C=O) groups excluding carboxylic acids is 1. The molecule has 0 bridgehead atoms. The number of allylic oxidation sites excluding steroid dienone is 1. The van der Waals surface area contributed by atoms with Crippen LogP contribution in [0.3, 0.4) is 0 Å². The predicted octanol–water partition coefficient (Wildman–Crippen LogP) is 4.74. The fourth-order valence-electron chi connectivity index (χ4n) is 5.02. The molecule has 0 spiro atoms. The highest BCUT2D eigenvalue weighted by atomic mass is 32.1. The lowest BCUT2D eigenvalue weighted by molar-refractivity contribution is -0.143. The summed E-state index contributed by atoms with van der Waals surface area (Å²) >= 11 is 1.27. The van der Waals surface area contributed by atoms with Crippen molar-refractivity contribution in [1.29, 1.82) is 0 Å². The first-order valence-corrected chi connectivity index (χ1v) is 13.7. The second kappa shape index (κ2) is 10.7. The molecule has 0 saturated carbocycles. The largest absolute Gasteiger partial charge is 0.497 e. The van der Waals surface area contributed by atoms with Crippen LogP contribution in [0.5, 0.6) is 5.75 Å². The van der Waals surface area contributed by atoms with Crippen LogP contribution in [0.15, 0.2) is 75.7 Å². The fourth-order valence-corrected chi connectivity index (χ4v) is 6.06. The summed E-state index contributed by atoms with van der Waals surface area (Å²) in [7, 11) is 1.58. The van der Waals surface area contributed by atoms with E-state index in [-0.39, 0.29) is 17.5 Å². The number of aryl methyl sites for hydroxylation is 1. The van der Waals surface area contributed by atoms with Gasteiger partial charge in [0.1, 0.15) is 11.6 Å². The van der Waals surface area contributed by atoms with E-state index in [1.807, 2.05) is 42.7 Å². The zero-order valence-corrected chi connectivity index (χ0v) is 24.0. The standard InChI is InChI=1S/C31H30FN3O4S/c1-17(2)39-30(37)27-19(4)33-31-35(28(27)21-7-13-25(38-6)14-8-21)29(36)26(40-31)16-22-15-18(3)34(20(22)5)24-11-9-23(32)10-12-24/h7-17,28H,1-6H3/b26-16+/t28-/m0/s1. The molecule has 206 valence electrons. The van der Waals surface area contributed by atoms with Crippen molar-refractivity contribution in [3.8, 4) is 11.4 Å². The molecular weight excluding hydrogens is 529 g/mol. The molecule has 0 unspecified atom stereocenters. The Labute approximate surface area is 235 Å². The van der Waals surface area contributed by atoms with Crippen LogP contribution in [0.2, 0.25) is 0 Å². The minimum atomic E-state index is -0.706. The number of halogens is 1. The summed E-state index contributed by atoms with van der Waals surface area (Å²) in [6.07, 6.45) is 1.52. The van der Waals surface area contributed by atoms with Crippen LogP contribution in [-0.4, -0.2) is 28.3 Å². The monoisotopic (exact) mass is 559 g/mol. The molecule has 1 aliphatic heterocycles. The van der Waals surface area contributed by atoms with E-state index in [9.17, 15) is 14.0 Å². The quantitative estimate of drug-likeness (QED) is 0.320. The van der Waals surface area contributed by atoms with Crippen LogP contribution in [0.4, 0.5) is 4.39 Å². The van der Waals surface area contributed by atoms with Crippen molar-refractivity contribution in [2.45, 2.75) is 46.8 Å². The highest BCUT2D eigenvalue weighted by molar-refractivity contribution is 7.07. The third-order valence-electron chi connectivity index (χ3n) is 6.86. The number of methoxy groups -OCH3 is 1. The van der Waals surface area contributed by atoms with Gasteiger partial charge in [-0.05, 0) is 94.3 Å². The maximum atomic E-state index is 14.0. The molecule has 1 aliphatic rings. The van der Waals surface area contributed by atoms with E-state index in [1.54, 1.807) is 56.7 Å². The van der Waals surface area contributed by atoms with E-state index in [0.717, 1.165) is 28.2 Å². The Morgan fingerprint density at radius 3 is 2.38 bits per heavy atom. The fraction of sp³-hybridized carbons (Fsp3) is 0.258. The van der Waals surface area contributed by atoms with Gasteiger partial charge >= 0.3 is 5.97 Å². The molecule has 0 fully saturated rings. The maximum absolute atomic E-state index is 14.0. The summed E-state index contributed by atoms with van der Waals surface area (Å²) < 4.78 is 28.5. The van der Waals surface area contributed by atoms with Crippen molar-refractivity contribution in [2.24, 2.45) is 4.99 Å². The first-order chi connectivity index (χ1) is 19.1. The topological polar surface area (TPSA) is 74.8 Å². The summed E-state index contributed by atoms with van der Waals surface area (Å²) in [5.74, 6) is -0.139. The molecule has 4 aromatic rings. The van der Waals surface area contributed by atoms with E-state index in [4.69, 9.17) is 9.47 Å². The van der Waals surface area contributed by atoms with E-state index < -0.39 is 12.0 Å². The van der Waals surface area contributed by atoms with Crippen molar-refractivity contribution in [3.63, 3.8) is 0 Å². The molecule has 0 amide bonds. The molecule has 0 saturated heterocycles. The van der Waals surface area contributed by atoms with Crippen LogP contribution in [0, 0.1) is 19.7 Å². The molecule has 5 rings (SSSR count). The Morgan fingerprint density at radius 1 is 1.07 bits per heavy atom. The molecule has 2 aromatic heterocycles. The molecule has 3 heterocycles. The molecule has 0 radical (unpaired) electrons. The average Bonchev–Trinajstić information content (AvgIpc) is 3.37. The number of hydrogen-bond donors (Lipinski definition) is 0. The number of benzene rings is 2. The molecule has 2 aromatic carbocycles. The van der Waals surface area contributed by atoms with Gasteiger partial charge in [0.15, 0.2) is 4.80 Å². The lowest BCUT2D eigenvalue weighted by atomic mass is 9.96. The zero-order chi connectivity index (χ0) is 28.7. The van der Waals surface area contributed by atoms with Gasteiger partial charge in [-0.25, -0.2) is 14.2 Å². The van der Waals surface area contributed by atoms with Gasteiger partial charge < -0.3 is 14.0 Å². The number of ether oxygens (including phenoxy) is 2. The summed E-state index contributed by atoms with van der Waals surface area (Å²) in [4.78, 5) is 32.4. The van der Waals surface area contributed by atoms with Crippen LogP contribution in [-0.2, 0) is 9.53 Å². The molecule has 1 atom stereocenters. The van der Waals surface area contributed by atoms with Crippen molar-refractivity contribution >= 4 is 23.4 Å². The van der Waals surface area contributed by atoms with Gasteiger partial charge in [-0.2, -0.15) is 0 Å². The van der Waals surface area contributed by atoms with E-state index >= 15 is 0 Å². The second-order valence-corrected chi connectivity index (χ2v) is 11.0. The van der Waals surface area contributed by atoms with Crippen LogP contribution in [0.25, 0.3) is 11.8 Å². The van der Waals surface area contributed by atoms with Gasteiger partial charge in [0.05, 0.1) is 35.1 Å². The number of fused-ring (bicyclic) bond motifs is 1. The van der Waals surface area contributed by atoms with Crippen molar-refractivity contribution in [1.82, 2.24) is 9.13 Å². The molecule has 7 nitrogen and oxygen atoms in total. The SMILES string of the molecule is COc1ccc([C@H]2C(C(=O)OC(C)C)=C(C)N=c3s/c(=C/c4cc(C)n(-c5ccc(F)cc5)c4C)c(=O)n32)cc1. The third-order valence-corrected chi connectivity index (χ3v) is 7.84. The van der Waals surface area contributed by atoms with Gasteiger partial charge in [0, 0.05) is 17.1 Å². The van der Waals surface area contributed by atoms with Crippen molar-refractivity contribution < 1.29 is 18.7 Å². The van der Waals surface area contributed by atoms with Crippen LogP contribution >= 0.6 is 11.3 Å². The van der Waals surface area contributed by atoms with Crippen molar-refractivity contribution in [2.75, 3.05) is 7.11 Å². The Kier molecular flexibility index (Phi) is 7.33. The third kappa shape index (κ3) is 4.93. The minimum absolute atomic E-state index is 0.251. The first-order valence-electron chi connectivity index (χ1n) is 12.9. The molecule has 9 heteroatoms. The van der Waals surface area contributed by atoms with E-state index in [1.165, 1.54) is 23.5 Å². The van der Waals surface area contributed by atoms with Crippen LogP contribution in [0.1, 0.15) is 49.3 Å². The highest BCUT2D eigenvalue weighted by Crippen LogP contribution is 2.32. The summed E-state index contributed by atoms with van der Waals surface area (Å²) in [6.45, 7) is 9.26. The van der Waals surface area contributed by atoms with Gasteiger partial charge in [0.25, 0.3) is 5.56 Å². The van der Waals surface area contributed by atoms with E-state index in [0.29, 0.717) is 26.4 Å². The van der Waals surface area contributed by atoms with Gasteiger partial charge in [-0.1, -0.05) is 23.5 Å².